The van der Waals surface area contributed by atoms with Crippen LogP contribution in [0.4, 0.5) is 28.7 Å². The van der Waals surface area contributed by atoms with Gasteiger partial charge in [-0.1, -0.05) is 30.3 Å². The molecule has 3 aliphatic rings. The summed E-state index contributed by atoms with van der Waals surface area (Å²) < 4.78 is 5.87. The van der Waals surface area contributed by atoms with Crippen molar-refractivity contribution >= 4 is 46.2 Å². The summed E-state index contributed by atoms with van der Waals surface area (Å²) in [4.78, 5) is 35.1. The normalized spacial score (nSPS) is 19.6. The van der Waals surface area contributed by atoms with Gasteiger partial charge in [0, 0.05) is 74.9 Å². The van der Waals surface area contributed by atoms with Gasteiger partial charge in [-0.05, 0) is 56.5 Å². The Balaban J connectivity index is 1.20. The topological polar surface area (TPSA) is 98.3 Å². The minimum atomic E-state index is -0.275. The number of nitrogens with zero attached hydrogens (tertiary/aromatic N) is 6. The number of piperidine rings is 1. The van der Waals surface area contributed by atoms with Gasteiger partial charge in [0.2, 0.25) is 5.91 Å². The third kappa shape index (κ3) is 7.65. The highest BCUT2D eigenvalue weighted by Crippen LogP contribution is 2.41. The molecule has 0 bridgehead atoms. The van der Waals surface area contributed by atoms with Gasteiger partial charge in [0.05, 0.1) is 36.8 Å². The van der Waals surface area contributed by atoms with Crippen molar-refractivity contribution in [3.05, 3.63) is 72.0 Å². The van der Waals surface area contributed by atoms with Crippen LogP contribution in [0.1, 0.15) is 44.7 Å². The average Bonchev–Trinajstić information content (AvgIpc) is 3.59. The van der Waals surface area contributed by atoms with Gasteiger partial charge in [-0.2, -0.15) is 0 Å². The highest BCUT2D eigenvalue weighted by molar-refractivity contribution is 6.30. The molecule has 2 N–H and O–H groups in total. The number of anilines is 5. The predicted molar refractivity (Wildman–Crippen MR) is 188 cm³/mol. The van der Waals surface area contributed by atoms with Crippen LogP contribution in [-0.4, -0.2) is 90.7 Å². The molecule has 1 unspecified atom stereocenters. The van der Waals surface area contributed by atoms with Crippen molar-refractivity contribution in [2.75, 3.05) is 73.6 Å². The fourth-order valence-corrected chi connectivity index (χ4v) is 7.06. The van der Waals surface area contributed by atoms with E-state index in [1.54, 1.807) is 7.11 Å². The average molecular weight is 661 g/mol. The maximum absolute atomic E-state index is 12.6. The summed E-state index contributed by atoms with van der Waals surface area (Å²) in [6, 6.07) is 14.7. The summed E-state index contributed by atoms with van der Waals surface area (Å²) in [7, 11) is 1.65. The number of amides is 1. The zero-order chi connectivity index (χ0) is 32.9. The van der Waals surface area contributed by atoms with Crippen LogP contribution in [0.25, 0.3) is 0 Å². The molecule has 0 saturated carbocycles. The van der Waals surface area contributed by atoms with Crippen LogP contribution < -0.4 is 25.3 Å². The van der Waals surface area contributed by atoms with E-state index >= 15 is 0 Å². The highest BCUT2D eigenvalue weighted by atomic mass is 35.5. The second-order valence-corrected chi connectivity index (χ2v) is 13.0. The fraction of sp³-hybridized carbons (Fsp3) is 0.457. The van der Waals surface area contributed by atoms with Crippen LogP contribution >= 0.6 is 11.6 Å². The number of methoxy groups -OCH3 is 1. The lowest BCUT2D eigenvalue weighted by Crippen LogP contribution is -2.54. The van der Waals surface area contributed by atoms with Crippen LogP contribution in [-0.2, 0) is 9.63 Å². The maximum Gasteiger partial charge on any atom is 0.247 e. The number of carbonyl (C=O) groups is 1. The molecule has 1 amide bonds. The Hall–Kier alpha value is -3.90. The Morgan fingerprint density at radius 1 is 1.04 bits per heavy atom. The molecule has 0 radical (unpaired) electrons. The molecule has 3 fully saturated rings. The molecule has 4 heterocycles. The van der Waals surface area contributed by atoms with Crippen molar-refractivity contribution in [2.45, 2.75) is 51.2 Å². The molecule has 12 heteroatoms. The van der Waals surface area contributed by atoms with Gasteiger partial charge < -0.3 is 20.3 Å². The van der Waals surface area contributed by atoms with Crippen LogP contribution in [0, 0.1) is 0 Å². The van der Waals surface area contributed by atoms with Gasteiger partial charge in [-0.15, -0.1) is 0 Å². The van der Waals surface area contributed by atoms with E-state index in [9.17, 15) is 4.79 Å². The van der Waals surface area contributed by atoms with E-state index in [0.29, 0.717) is 52.5 Å². The lowest BCUT2D eigenvalue weighted by atomic mass is 10.0. The molecular weight excluding hydrogens is 616 g/mol. The van der Waals surface area contributed by atoms with Crippen molar-refractivity contribution in [3.8, 4) is 5.75 Å². The molecule has 3 aromatic rings. The SMILES string of the molecule is C=CC(=O)Nc1cc(Nc2cc(N3OCCC3c3cccc(Cl)c3)ncn2)c(OC)cc1N1CCC(N2CCN(C(C)C)CC2)CC1. The van der Waals surface area contributed by atoms with Crippen molar-refractivity contribution in [2.24, 2.45) is 0 Å². The molecule has 3 aliphatic heterocycles. The summed E-state index contributed by atoms with van der Waals surface area (Å²) >= 11 is 6.28. The standard InChI is InChI=1S/C35H45ClN8O3/c1-5-35(45)40-28-20-29(39-33-22-34(38-23-37-33)44-30(11-18-47-44)25-7-6-8-26(36)19-25)32(46-4)21-31(28)43-12-9-27(10-13-43)42-16-14-41(15-17-42)24(2)3/h5-8,19-24,27,30H,1,9-18H2,2-4H3,(H,40,45)(H,37,38,39). The minimum absolute atomic E-state index is 0.0280. The molecule has 47 heavy (non-hydrogen) atoms. The Labute approximate surface area is 282 Å². The Bertz CT molecular complexity index is 1560. The number of hydrogen-bond acceptors (Lipinski definition) is 10. The van der Waals surface area contributed by atoms with Gasteiger partial charge in [0.15, 0.2) is 5.82 Å². The molecular formula is C35H45ClN8O3. The smallest absolute Gasteiger partial charge is 0.247 e. The van der Waals surface area contributed by atoms with Gasteiger partial charge in [-0.3, -0.25) is 19.4 Å². The van der Waals surface area contributed by atoms with Crippen LogP contribution in [0.15, 0.2) is 61.4 Å². The number of hydroxylamine groups is 1. The second kappa shape index (κ2) is 14.9. The Kier molecular flexibility index (Phi) is 10.5. The number of carbonyl (C=O) groups excluding carboxylic acids is 1. The first-order chi connectivity index (χ1) is 22.8. The van der Waals surface area contributed by atoms with Crippen LogP contribution in [0.3, 0.4) is 0 Å². The Morgan fingerprint density at radius 2 is 1.83 bits per heavy atom. The van der Waals surface area contributed by atoms with Gasteiger partial charge in [-0.25, -0.2) is 15.0 Å². The zero-order valence-corrected chi connectivity index (χ0v) is 28.2. The summed E-state index contributed by atoms with van der Waals surface area (Å²) in [6.07, 6.45) is 5.73. The maximum atomic E-state index is 12.6. The van der Waals surface area contributed by atoms with Crippen molar-refractivity contribution in [3.63, 3.8) is 0 Å². The molecule has 1 atom stereocenters. The fourth-order valence-electron chi connectivity index (χ4n) is 6.86. The van der Waals surface area contributed by atoms with Crippen molar-refractivity contribution in [1.29, 1.82) is 0 Å². The molecule has 1 aromatic heterocycles. The summed E-state index contributed by atoms with van der Waals surface area (Å²) in [5.41, 5.74) is 3.32. The zero-order valence-electron chi connectivity index (χ0n) is 27.5. The quantitative estimate of drug-likeness (QED) is 0.257. The number of hydrogen-bond donors (Lipinski definition) is 2. The number of benzene rings is 2. The van der Waals surface area contributed by atoms with Gasteiger partial charge in [0.25, 0.3) is 0 Å². The van der Waals surface area contributed by atoms with E-state index < -0.39 is 0 Å². The summed E-state index contributed by atoms with van der Waals surface area (Å²) in [5.74, 6) is 1.54. The summed E-state index contributed by atoms with van der Waals surface area (Å²) in [6.45, 7) is 15.1. The van der Waals surface area contributed by atoms with E-state index in [4.69, 9.17) is 21.2 Å². The molecule has 11 nitrogen and oxygen atoms in total. The van der Waals surface area contributed by atoms with Crippen molar-refractivity contribution in [1.82, 2.24) is 19.8 Å². The third-order valence-electron chi connectivity index (χ3n) is 9.44. The molecule has 0 aliphatic carbocycles. The predicted octanol–water partition coefficient (Wildman–Crippen LogP) is 5.88. The first-order valence-electron chi connectivity index (χ1n) is 16.5. The third-order valence-corrected chi connectivity index (χ3v) is 9.68. The molecule has 3 saturated heterocycles. The van der Waals surface area contributed by atoms with Crippen LogP contribution in [0.2, 0.25) is 5.02 Å². The number of aromatic nitrogens is 2. The summed E-state index contributed by atoms with van der Waals surface area (Å²) in [5, 5.41) is 8.90. The Morgan fingerprint density at radius 3 is 2.53 bits per heavy atom. The van der Waals surface area contributed by atoms with E-state index in [-0.39, 0.29) is 11.9 Å². The van der Waals surface area contributed by atoms with E-state index in [0.717, 1.165) is 69.8 Å². The molecule has 0 spiro atoms. The molecule has 6 rings (SSSR count). The van der Waals surface area contributed by atoms with E-state index in [1.165, 1.54) is 12.4 Å². The molecule has 250 valence electrons. The molecule has 2 aromatic carbocycles. The van der Waals surface area contributed by atoms with E-state index in [1.807, 2.05) is 47.5 Å². The second-order valence-electron chi connectivity index (χ2n) is 12.6. The number of piperazine rings is 1. The number of nitrogens with one attached hydrogen (secondary N) is 2. The first kappa shape index (κ1) is 33.0. The van der Waals surface area contributed by atoms with E-state index in [2.05, 4.69) is 55.7 Å². The lowest BCUT2D eigenvalue weighted by molar-refractivity contribution is -0.111. The number of rotatable bonds is 10. The number of ether oxygens (including phenoxy) is 1. The number of halogens is 1. The largest absolute Gasteiger partial charge is 0.494 e. The van der Waals surface area contributed by atoms with Crippen molar-refractivity contribution < 1.29 is 14.4 Å². The monoisotopic (exact) mass is 660 g/mol. The lowest BCUT2D eigenvalue weighted by Gasteiger charge is -2.44. The van der Waals surface area contributed by atoms with Gasteiger partial charge in [0.1, 0.15) is 17.9 Å². The first-order valence-corrected chi connectivity index (χ1v) is 16.9. The highest BCUT2D eigenvalue weighted by Gasteiger charge is 2.31. The van der Waals surface area contributed by atoms with Crippen LogP contribution in [0.5, 0.6) is 5.75 Å². The minimum Gasteiger partial charge on any atom is -0.494 e. The van der Waals surface area contributed by atoms with Gasteiger partial charge >= 0.3 is 0 Å².